The molecule has 0 saturated carbocycles. The third-order valence-electron chi connectivity index (χ3n) is 5.42. The molecule has 1 unspecified atom stereocenters. The molecular formula is C20H25ClN4O4S. The molecule has 3 N–H and O–H groups in total. The zero-order valence-electron chi connectivity index (χ0n) is 16.8. The van der Waals surface area contributed by atoms with E-state index in [0.29, 0.717) is 17.9 Å². The third kappa shape index (κ3) is 4.69. The van der Waals surface area contributed by atoms with E-state index in [1.807, 2.05) is 19.1 Å². The van der Waals surface area contributed by atoms with Crippen LogP contribution in [0.15, 0.2) is 41.4 Å². The van der Waals surface area contributed by atoms with Crippen LogP contribution in [-0.2, 0) is 21.9 Å². The van der Waals surface area contributed by atoms with E-state index in [1.165, 1.54) is 21.1 Å². The van der Waals surface area contributed by atoms with Gasteiger partial charge in [0.2, 0.25) is 15.9 Å². The van der Waals surface area contributed by atoms with Gasteiger partial charge in [-0.15, -0.1) is 0 Å². The molecule has 30 heavy (non-hydrogen) atoms. The van der Waals surface area contributed by atoms with E-state index < -0.39 is 15.9 Å². The van der Waals surface area contributed by atoms with Gasteiger partial charge in [-0.2, -0.15) is 4.31 Å². The highest BCUT2D eigenvalue weighted by Gasteiger charge is 2.33. The minimum atomic E-state index is -3.76. The van der Waals surface area contributed by atoms with Crippen molar-refractivity contribution in [2.24, 2.45) is 18.7 Å². The maximum Gasteiger partial charge on any atom is 0.265 e. The highest BCUT2D eigenvalue weighted by molar-refractivity contribution is 7.89. The molecule has 162 valence electrons. The first-order chi connectivity index (χ1) is 14.1. The van der Waals surface area contributed by atoms with Gasteiger partial charge in [-0.05, 0) is 43.5 Å². The summed E-state index contributed by atoms with van der Waals surface area (Å²) in [5.74, 6) is -1.04. The first-order valence-electron chi connectivity index (χ1n) is 9.61. The van der Waals surface area contributed by atoms with Crippen LogP contribution in [0.4, 0.5) is 0 Å². The Hall–Kier alpha value is -2.36. The van der Waals surface area contributed by atoms with Crippen molar-refractivity contribution < 1.29 is 18.0 Å². The largest absolute Gasteiger partial charge is 0.364 e. The number of hydrogen-bond acceptors (Lipinski definition) is 4. The topological polar surface area (TPSA) is 114 Å². The number of sulfonamides is 1. The van der Waals surface area contributed by atoms with Gasteiger partial charge >= 0.3 is 0 Å². The Balaban J connectivity index is 1.61. The Labute approximate surface area is 181 Å². The predicted octanol–water partition coefficient (Wildman–Crippen LogP) is 2.06. The lowest BCUT2D eigenvalue weighted by Gasteiger charge is -2.31. The van der Waals surface area contributed by atoms with Gasteiger partial charge in [0.15, 0.2) is 0 Å². The van der Waals surface area contributed by atoms with Crippen LogP contribution in [0.25, 0.3) is 0 Å². The van der Waals surface area contributed by atoms with Crippen molar-refractivity contribution in [2.75, 3.05) is 13.1 Å². The van der Waals surface area contributed by atoms with Gasteiger partial charge in [0.1, 0.15) is 10.6 Å². The van der Waals surface area contributed by atoms with Crippen LogP contribution in [0, 0.1) is 5.92 Å². The second-order valence-electron chi connectivity index (χ2n) is 7.50. The first-order valence-corrected chi connectivity index (χ1v) is 11.4. The number of rotatable bonds is 6. The van der Waals surface area contributed by atoms with Gasteiger partial charge in [-0.25, -0.2) is 8.42 Å². The summed E-state index contributed by atoms with van der Waals surface area (Å²) in [6.45, 7) is 2.36. The van der Waals surface area contributed by atoms with Crippen LogP contribution >= 0.6 is 11.6 Å². The molecule has 10 heteroatoms. The number of piperidine rings is 1. The summed E-state index contributed by atoms with van der Waals surface area (Å²) in [7, 11) is -2.19. The number of halogens is 1. The highest BCUT2D eigenvalue weighted by atomic mass is 35.5. The lowest BCUT2D eigenvalue weighted by molar-refractivity contribution is -0.126. The van der Waals surface area contributed by atoms with Gasteiger partial charge in [0, 0.05) is 37.3 Å². The van der Waals surface area contributed by atoms with Gasteiger partial charge in [-0.3, -0.25) is 9.59 Å². The molecule has 3 rings (SSSR count). The van der Waals surface area contributed by atoms with Crippen LogP contribution in [0.5, 0.6) is 0 Å². The Bertz CT molecular complexity index is 1040. The molecule has 0 aliphatic carbocycles. The van der Waals surface area contributed by atoms with E-state index in [-0.39, 0.29) is 41.5 Å². The van der Waals surface area contributed by atoms with Crippen LogP contribution in [0.1, 0.15) is 41.9 Å². The van der Waals surface area contributed by atoms with Crippen molar-refractivity contribution in [1.29, 1.82) is 0 Å². The zero-order chi connectivity index (χ0) is 22.1. The lowest BCUT2D eigenvalue weighted by atomic mass is 9.96. The number of carbonyl (C=O) groups excluding carboxylic acids is 2. The molecule has 2 heterocycles. The van der Waals surface area contributed by atoms with Gasteiger partial charge in [0.05, 0.1) is 6.04 Å². The number of amides is 2. The summed E-state index contributed by atoms with van der Waals surface area (Å²) in [6, 6.07) is 8.38. The van der Waals surface area contributed by atoms with Crippen molar-refractivity contribution in [3.8, 4) is 0 Å². The number of carbonyl (C=O) groups is 2. The fraction of sp³-hybridized carbons (Fsp3) is 0.400. The summed E-state index contributed by atoms with van der Waals surface area (Å²) in [4.78, 5) is 24.1. The quantitative estimate of drug-likeness (QED) is 0.697. The third-order valence-corrected chi connectivity index (χ3v) is 7.54. The second kappa shape index (κ2) is 8.79. The number of primary amides is 1. The van der Waals surface area contributed by atoms with Crippen molar-refractivity contribution in [1.82, 2.24) is 14.2 Å². The molecule has 8 nitrogen and oxygen atoms in total. The van der Waals surface area contributed by atoms with E-state index in [2.05, 4.69) is 5.32 Å². The Morgan fingerprint density at radius 1 is 1.20 bits per heavy atom. The fourth-order valence-corrected chi connectivity index (χ4v) is 5.26. The highest BCUT2D eigenvalue weighted by Crippen LogP contribution is 2.26. The number of nitrogens with one attached hydrogen (secondary N) is 1. The molecule has 0 bridgehead atoms. The molecule has 1 aliphatic rings. The van der Waals surface area contributed by atoms with Crippen LogP contribution in [0.2, 0.25) is 5.02 Å². The van der Waals surface area contributed by atoms with Gasteiger partial charge in [-0.1, -0.05) is 23.7 Å². The fourth-order valence-electron chi connectivity index (χ4n) is 3.59. The standard InChI is InChI=1S/C20H25ClN4O4S/c1-13(14-3-5-16(21)6-4-14)23-20(27)15-7-9-25(10-8-15)30(28,29)17-11-18(19(22)26)24(2)12-17/h3-6,11-13,15H,7-10H2,1-2H3,(H2,22,26)(H,23,27). The average Bonchev–Trinajstić information content (AvgIpc) is 3.11. The number of aromatic nitrogens is 1. The molecule has 2 aromatic rings. The molecule has 1 atom stereocenters. The summed E-state index contributed by atoms with van der Waals surface area (Å²) in [5, 5.41) is 3.62. The van der Waals surface area contributed by atoms with E-state index in [9.17, 15) is 18.0 Å². The second-order valence-corrected chi connectivity index (χ2v) is 9.87. The molecule has 1 fully saturated rings. The Morgan fingerprint density at radius 2 is 1.80 bits per heavy atom. The first kappa shape index (κ1) is 22.3. The molecule has 1 aliphatic heterocycles. The number of aryl methyl sites for hydroxylation is 1. The molecule has 1 aromatic heterocycles. The van der Waals surface area contributed by atoms with Crippen molar-refractivity contribution >= 4 is 33.4 Å². The summed E-state index contributed by atoms with van der Waals surface area (Å²) in [6.07, 6.45) is 2.23. The van der Waals surface area contributed by atoms with E-state index in [0.717, 1.165) is 5.56 Å². The smallest absolute Gasteiger partial charge is 0.265 e. The van der Waals surface area contributed by atoms with E-state index >= 15 is 0 Å². The molecule has 0 spiro atoms. The van der Waals surface area contributed by atoms with Crippen LogP contribution < -0.4 is 11.1 Å². The number of nitrogens with zero attached hydrogens (tertiary/aromatic N) is 2. The molecule has 1 aromatic carbocycles. The Morgan fingerprint density at radius 3 is 2.33 bits per heavy atom. The van der Waals surface area contributed by atoms with Crippen molar-refractivity contribution in [3.63, 3.8) is 0 Å². The SMILES string of the molecule is CC(NC(=O)C1CCN(S(=O)(=O)c2cc(C(N)=O)n(C)c2)CC1)c1ccc(Cl)cc1. The van der Waals surface area contributed by atoms with Gasteiger partial charge < -0.3 is 15.6 Å². The summed E-state index contributed by atoms with van der Waals surface area (Å²) >= 11 is 5.90. The minimum Gasteiger partial charge on any atom is -0.364 e. The van der Waals surface area contributed by atoms with Crippen LogP contribution in [-0.4, -0.2) is 42.2 Å². The lowest BCUT2D eigenvalue weighted by Crippen LogP contribution is -2.43. The maximum atomic E-state index is 12.9. The van der Waals surface area contributed by atoms with Crippen molar-refractivity contribution in [3.05, 3.63) is 52.8 Å². The monoisotopic (exact) mass is 452 g/mol. The molecule has 2 amide bonds. The van der Waals surface area contributed by atoms with Gasteiger partial charge in [0.25, 0.3) is 5.91 Å². The van der Waals surface area contributed by atoms with Crippen molar-refractivity contribution in [2.45, 2.75) is 30.7 Å². The molecule has 1 saturated heterocycles. The average molecular weight is 453 g/mol. The summed E-state index contributed by atoms with van der Waals surface area (Å²) < 4.78 is 28.5. The Kier molecular flexibility index (Phi) is 6.54. The number of hydrogen-bond donors (Lipinski definition) is 2. The number of benzene rings is 1. The van der Waals surface area contributed by atoms with E-state index in [4.69, 9.17) is 17.3 Å². The molecule has 0 radical (unpaired) electrons. The maximum absolute atomic E-state index is 12.9. The summed E-state index contributed by atoms with van der Waals surface area (Å²) in [5.41, 5.74) is 6.34. The normalized spacial score (nSPS) is 16.9. The van der Waals surface area contributed by atoms with E-state index in [1.54, 1.807) is 19.2 Å². The minimum absolute atomic E-state index is 0.0260. The zero-order valence-corrected chi connectivity index (χ0v) is 18.4. The number of nitrogens with two attached hydrogens (primary N) is 1. The van der Waals surface area contributed by atoms with Crippen LogP contribution in [0.3, 0.4) is 0 Å². The predicted molar refractivity (Wildman–Crippen MR) is 113 cm³/mol. The molecular weight excluding hydrogens is 428 g/mol.